The van der Waals surface area contributed by atoms with Crippen LogP contribution in [0.2, 0.25) is 0 Å². The zero-order valence-electron chi connectivity index (χ0n) is 12.6. The van der Waals surface area contributed by atoms with E-state index in [1.54, 1.807) is 11.0 Å². The highest BCUT2D eigenvalue weighted by atomic mass is 19.1. The van der Waals surface area contributed by atoms with Crippen LogP contribution < -0.4 is 0 Å². The molecule has 1 heterocycles. The number of carbonyl (C=O) groups excluding carboxylic acids is 1. The SMILES string of the molecule is O=C1[C@H]([C@@H](O)c2ccccc2F)OCCN1Cc1ccccc1. The fourth-order valence-corrected chi connectivity index (χ4v) is 2.72. The largest absolute Gasteiger partial charge is 0.385 e. The Morgan fingerprint density at radius 2 is 1.87 bits per heavy atom. The van der Waals surface area contributed by atoms with Gasteiger partial charge in [-0.25, -0.2) is 4.39 Å². The highest BCUT2D eigenvalue weighted by molar-refractivity contribution is 5.82. The van der Waals surface area contributed by atoms with Crippen LogP contribution in [-0.2, 0) is 16.1 Å². The number of amides is 1. The minimum absolute atomic E-state index is 0.0763. The third kappa shape index (κ3) is 3.41. The Morgan fingerprint density at radius 3 is 2.61 bits per heavy atom. The van der Waals surface area contributed by atoms with Crippen LogP contribution in [0.4, 0.5) is 4.39 Å². The average molecular weight is 315 g/mol. The van der Waals surface area contributed by atoms with Gasteiger partial charge in [0.05, 0.1) is 6.61 Å². The first-order valence-corrected chi connectivity index (χ1v) is 7.53. The molecule has 23 heavy (non-hydrogen) atoms. The minimum Gasteiger partial charge on any atom is -0.385 e. The molecule has 0 bridgehead atoms. The number of aliphatic hydroxyl groups is 1. The lowest BCUT2D eigenvalue weighted by Crippen LogP contribution is -2.49. The van der Waals surface area contributed by atoms with Gasteiger partial charge < -0.3 is 14.7 Å². The van der Waals surface area contributed by atoms with Gasteiger partial charge in [0.25, 0.3) is 5.91 Å². The quantitative estimate of drug-likeness (QED) is 0.942. The summed E-state index contributed by atoms with van der Waals surface area (Å²) in [5.74, 6) is -0.868. The number of carbonyl (C=O) groups is 1. The molecule has 0 unspecified atom stereocenters. The molecule has 0 spiro atoms. The number of rotatable bonds is 4. The van der Waals surface area contributed by atoms with Crippen LogP contribution in [0.15, 0.2) is 54.6 Å². The van der Waals surface area contributed by atoms with Crippen molar-refractivity contribution in [2.24, 2.45) is 0 Å². The van der Waals surface area contributed by atoms with E-state index in [2.05, 4.69) is 0 Å². The highest BCUT2D eigenvalue weighted by Crippen LogP contribution is 2.26. The topological polar surface area (TPSA) is 49.8 Å². The summed E-state index contributed by atoms with van der Waals surface area (Å²) in [5, 5.41) is 10.4. The summed E-state index contributed by atoms with van der Waals surface area (Å²) in [6.45, 7) is 1.21. The molecule has 1 aliphatic rings. The Bertz CT molecular complexity index is 677. The Kier molecular flexibility index (Phi) is 4.69. The van der Waals surface area contributed by atoms with Crippen molar-refractivity contribution >= 4 is 5.91 Å². The maximum absolute atomic E-state index is 13.8. The van der Waals surface area contributed by atoms with Crippen molar-refractivity contribution in [3.63, 3.8) is 0 Å². The van der Waals surface area contributed by atoms with Gasteiger partial charge in [-0.15, -0.1) is 0 Å². The molecule has 1 amide bonds. The van der Waals surface area contributed by atoms with E-state index < -0.39 is 18.0 Å². The minimum atomic E-state index is -1.32. The van der Waals surface area contributed by atoms with Crippen LogP contribution in [0.1, 0.15) is 17.2 Å². The number of hydrogen-bond donors (Lipinski definition) is 1. The molecule has 0 aliphatic carbocycles. The van der Waals surface area contributed by atoms with Gasteiger partial charge in [-0.05, 0) is 11.6 Å². The van der Waals surface area contributed by atoms with Crippen LogP contribution in [0.5, 0.6) is 0 Å². The number of morpholine rings is 1. The molecule has 2 atom stereocenters. The van der Waals surface area contributed by atoms with Crippen molar-refractivity contribution in [2.75, 3.05) is 13.2 Å². The number of hydrogen-bond acceptors (Lipinski definition) is 3. The molecular formula is C18H18FNO3. The Morgan fingerprint density at radius 1 is 1.17 bits per heavy atom. The summed E-state index contributed by atoms with van der Waals surface area (Å²) in [7, 11) is 0. The molecule has 1 aliphatic heterocycles. The van der Waals surface area contributed by atoms with E-state index in [4.69, 9.17) is 4.74 Å². The van der Waals surface area contributed by atoms with Crippen molar-refractivity contribution in [3.8, 4) is 0 Å². The van der Waals surface area contributed by atoms with Gasteiger partial charge >= 0.3 is 0 Å². The lowest BCUT2D eigenvalue weighted by atomic mass is 10.0. The summed E-state index contributed by atoms with van der Waals surface area (Å²) in [6.07, 6.45) is -2.40. The monoisotopic (exact) mass is 315 g/mol. The third-order valence-electron chi connectivity index (χ3n) is 3.94. The van der Waals surface area contributed by atoms with Gasteiger partial charge in [-0.1, -0.05) is 48.5 Å². The number of halogens is 1. The van der Waals surface area contributed by atoms with Crippen molar-refractivity contribution in [2.45, 2.75) is 18.8 Å². The summed E-state index contributed by atoms with van der Waals surface area (Å²) in [6, 6.07) is 15.5. The van der Waals surface area contributed by atoms with Gasteiger partial charge in [-0.3, -0.25) is 4.79 Å². The first-order valence-electron chi connectivity index (χ1n) is 7.53. The van der Waals surface area contributed by atoms with E-state index in [0.29, 0.717) is 19.7 Å². The van der Waals surface area contributed by atoms with Crippen LogP contribution in [0.25, 0.3) is 0 Å². The van der Waals surface area contributed by atoms with Crippen molar-refractivity contribution in [3.05, 3.63) is 71.5 Å². The lowest BCUT2D eigenvalue weighted by molar-refractivity contribution is -0.164. The number of aliphatic hydroxyl groups excluding tert-OH is 1. The second-order valence-electron chi connectivity index (χ2n) is 5.50. The van der Waals surface area contributed by atoms with Gasteiger partial charge in [0, 0.05) is 18.7 Å². The van der Waals surface area contributed by atoms with E-state index >= 15 is 0 Å². The molecule has 2 aromatic carbocycles. The second-order valence-corrected chi connectivity index (χ2v) is 5.50. The average Bonchev–Trinajstić information content (AvgIpc) is 2.58. The number of ether oxygens (including phenoxy) is 1. The fourth-order valence-electron chi connectivity index (χ4n) is 2.72. The van der Waals surface area contributed by atoms with Gasteiger partial charge in [0.2, 0.25) is 0 Å². The molecule has 4 nitrogen and oxygen atoms in total. The molecule has 0 saturated carbocycles. The molecular weight excluding hydrogens is 297 g/mol. The molecule has 120 valence electrons. The van der Waals surface area contributed by atoms with Crippen LogP contribution in [-0.4, -0.2) is 35.2 Å². The third-order valence-corrected chi connectivity index (χ3v) is 3.94. The normalized spacial score (nSPS) is 19.7. The zero-order valence-corrected chi connectivity index (χ0v) is 12.6. The number of nitrogens with zero attached hydrogens (tertiary/aromatic N) is 1. The Labute approximate surface area is 134 Å². The molecule has 0 radical (unpaired) electrons. The van der Waals surface area contributed by atoms with E-state index in [1.165, 1.54) is 18.2 Å². The maximum Gasteiger partial charge on any atom is 0.255 e. The highest BCUT2D eigenvalue weighted by Gasteiger charge is 2.36. The standard InChI is InChI=1S/C18H18FNO3/c19-15-9-5-4-8-14(15)16(21)17-18(22)20(10-11-23-17)12-13-6-2-1-3-7-13/h1-9,16-17,21H,10-12H2/t16-,17-/m0/s1. The molecule has 5 heteroatoms. The molecule has 2 aromatic rings. The van der Waals surface area contributed by atoms with Crippen molar-refractivity contribution in [1.29, 1.82) is 0 Å². The fraction of sp³-hybridized carbons (Fsp3) is 0.278. The molecule has 3 rings (SSSR count). The zero-order chi connectivity index (χ0) is 16.2. The Hall–Kier alpha value is -2.24. The predicted octanol–water partition coefficient (Wildman–Crippen LogP) is 2.29. The maximum atomic E-state index is 13.8. The van der Waals surface area contributed by atoms with Crippen LogP contribution in [0.3, 0.4) is 0 Å². The second kappa shape index (κ2) is 6.89. The first kappa shape index (κ1) is 15.6. The van der Waals surface area contributed by atoms with E-state index in [9.17, 15) is 14.3 Å². The van der Waals surface area contributed by atoms with E-state index in [0.717, 1.165) is 5.56 Å². The van der Waals surface area contributed by atoms with E-state index in [-0.39, 0.29) is 11.5 Å². The summed E-state index contributed by atoms with van der Waals surface area (Å²) >= 11 is 0. The van der Waals surface area contributed by atoms with Crippen molar-refractivity contribution in [1.82, 2.24) is 4.90 Å². The molecule has 1 fully saturated rings. The van der Waals surface area contributed by atoms with Gasteiger partial charge in [-0.2, -0.15) is 0 Å². The molecule has 0 aromatic heterocycles. The van der Waals surface area contributed by atoms with Gasteiger partial charge in [0.15, 0.2) is 6.10 Å². The first-order chi connectivity index (χ1) is 11.2. The smallest absolute Gasteiger partial charge is 0.255 e. The van der Waals surface area contributed by atoms with Crippen LogP contribution in [0, 0.1) is 5.82 Å². The van der Waals surface area contributed by atoms with Crippen molar-refractivity contribution < 1.29 is 19.0 Å². The molecule has 1 saturated heterocycles. The predicted molar refractivity (Wildman–Crippen MR) is 83.0 cm³/mol. The Balaban J connectivity index is 1.76. The lowest BCUT2D eigenvalue weighted by Gasteiger charge is -2.34. The summed E-state index contributed by atoms with van der Waals surface area (Å²) < 4.78 is 19.2. The van der Waals surface area contributed by atoms with Gasteiger partial charge in [0.1, 0.15) is 11.9 Å². The van der Waals surface area contributed by atoms with E-state index in [1.807, 2.05) is 30.3 Å². The molecule has 1 N–H and O–H groups in total. The van der Waals surface area contributed by atoms with Crippen LogP contribution >= 0.6 is 0 Å². The number of benzene rings is 2. The summed E-state index contributed by atoms with van der Waals surface area (Å²) in [4.78, 5) is 14.2. The summed E-state index contributed by atoms with van der Waals surface area (Å²) in [5.41, 5.74) is 1.08.